The molecule has 192 valence electrons. The molecule has 1 aromatic heterocycles. The largest absolute Gasteiger partial charge is 0.398 e. The first-order valence-electron chi connectivity index (χ1n) is 12.6. The minimum absolute atomic E-state index is 0.0940. The second-order valence-electron chi connectivity index (χ2n) is 9.74. The van der Waals surface area contributed by atoms with Gasteiger partial charge in [0.1, 0.15) is 5.78 Å². The van der Waals surface area contributed by atoms with Gasteiger partial charge >= 0.3 is 0 Å². The van der Waals surface area contributed by atoms with Gasteiger partial charge in [-0.3, -0.25) is 14.5 Å². The number of nitrogens with one attached hydrogen (secondary N) is 2. The summed E-state index contributed by atoms with van der Waals surface area (Å²) in [6.45, 7) is 6.22. The van der Waals surface area contributed by atoms with Crippen LogP contribution in [0, 0.1) is 18.3 Å². The summed E-state index contributed by atoms with van der Waals surface area (Å²) in [6, 6.07) is 15.7. The highest BCUT2D eigenvalue weighted by Gasteiger charge is 2.23. The molecule has 1 aliphatic heterocycles. The third-order valence-electron chi connectivity index (χ3n) is 6.76. The quantitative estimate of drug-likeness (QED) is 0.252. The Morgan fingerprint density at radius 3 is 2.81 bits per heavy atom. The maximum atomic E-state index is 12.5. The molecule has 1 amide bonds. The number of hydrogen-bond acceptors (Lipinski definition) is 6. The van der Waals surface area contributed by atoms with Crippen LogP contribution in [0.5, 0.6) is 0 Å². The van der Waals surface area contributed by atoms with Crippen LogP contribution >= 0.6 is 11.3 Å². The topological polar surface area (TPSA) is 99.3 Å². The highest BCUT2D eigenvalue weighted by molar-refractivity contribution is 7.10. The summed E-state index contributed by atoms with van der Waals surface area (Å²) >= 11 is 1.55. The van der Waals surface area contributed by atoms with Crippen LogP contribution in [0.2, 0.25) is 0 Å². The molecule has 3 aromatic rings. The van der Waals surface area contributed by atoms with Gasteiger partial charge in [0, 0.05) is 40.8 Å². The SMILES string of the molecule is CC(=O)C1CCCN(Cc2cccc(/C=C/C(=N)c3cc(NC(=O)Cc4cccs4)c(C)cc3N)c2)C1. The van der Waals surface area contributed by atoms with E-state index < -0.39 is 0 Å². The molecule has 1 atom stereocenters. The van der Waals surface area contributed by atoms with E-state index in [1.807, 2.05) is 42.6 Å². The van der Waals surface area contributed by atoms with Crippen LogP contribution in [0.3, 0.4) is 0 Å². The third-order valence-corrected chi connectivity index (χ3v) is 7.63. The van der Waals surface area contributed by atoms with Crippen molar-refractivity contribution in [3.63, 3.8) is 0 Å². The van der Waals surface area contributed by atoms with E-state index in [9.17, 15) is 9.59 Å². The molecule has 0 spiro atoms. The number of nitrogens with zero attached hydrogens (tertiary/aromatic N) is 1. The first-order valence-corrected chi connectivity index (χ1v) is 13.5. The molecule has 1 fully saturated rings. The molecular weight excluding hydrogens is 480 g/mol. The van der Waals surface area contributed by atoms with Gasteiger partial charge in [-0.2, -0.15) is 0 Å². The molecule has 2 heterocycles. The van der Waals surface area contributed by atoms with Crippen molar-refractivity contribution in [3.05, 3.63) is 87.1 Å². The Balaban J connectivity index is 1.43. The van der Waals surface area contributed by atoms with Gasteiger partial charge in [-0.05, 0) is 79.6 Å². The van der Waals surface area contributed by atoms with Gasteiger partial charge in [0.05, 0.1) is 12.1 Å². The van der Waals surface area contributed by atoms with Crippen molar-refractivity contribution >= 4 is 46.2 Å². The van der Waals surface area contributed by atoms with Crippen LogP contribution in [0.1, 0.15) is 46.9 Å². The Labute approximate surface area is 222 Å². The zero-order valence-corrected chi connectivity index (χ0v) is 22.2. The first-order chi connectivity index (χ1) is 17.8. The molecule has 1 aliphatic rings. The van der Waals surface area contributed by atoms with Gasteiger partial charge in [-0.25, -0.2) is 0 Å². The zero-order chi connectivity index (χ0) is 26.4. The van der Waals surface area contributed by atoms with Crippen molar-refractivity contribution in [2.24, 2.45) is 5.92 Å². The standard InChI is InChI=1S/C30H34N4O2S/c1-20-14-28(32)26(17-29(20)33-30(36)16-25-9-5-13-37-25)27(31)11-10-22-6-3-7-23(15-22)18-34-12-4-8-24(19-34)21(2)35/h3,5-7,9-11,13-15,17,24,31H,4,8,12,16,18-19,32H2,1-2H3,(H,33,36)/b11-10+,31-27?. The smallest absolute Gasteiger partial charge is 0.229 e. The number of piperidine rings is 1. The molecule has 2 aromatic carbocycles. The van der Waals surface area contributed by atoms with Crippen LogP contribution in [0.4, 0.5) is 11.4 Å². The zero-order valence-electron chi connectivity index (χ0n) is 21.4. The van der Waals surface area contributed by atoms with E-state index in [4.69, 9.17) is 11.1 Å². The van der Waals surface area contributed by atoms with Gasteiger partial charge in [0.25, 0.3) is 0 Å². The number of carbonyl (C=O) groups excluding carboxylic acids is 2. The highest BCUT2D eigenvalue weighted by Crippen LogP contribution is 2.25. The fraction of sp³-hybridized carbons (Fsp3) is 0.300. The van der Waals surface area contributed by atoms with E-state index in [2.05, 4.69) is 22.3 Å². The number of allylic oxidation sites excluding steroid dienone is 1. The van der Waals surface area contributed by atoms with E-state index in [0.29, 0.717) is 23.4 Å². The first kappa shape index (κ1) is 26.5. The number of nitrogens with two attached hydrogens (primary N) is 1. The number of aryl methyl sites for hydroxylation is 1. The predicted octanol–water partition coefficient (Wildman–Crippen LogP) is 5.70. The van der Waals surface area contributed by atoms with Gasteiger partial charge < -0.3 is 16.5 Å². The summed E-state index contributed by atoms with van der Waals surface area (Å²) in [4.78, 5) is 27.7. The molecule has 7 heteroatoms. The fourth-order valence-corrected chi connectivity index (χ4v) is 5.42. The summed E-state index contributed by atoms with van der Waals surface area (Å²) in [5.41, 5.74) is 11.3. The molecule has 0 aliphatic carbocycles. The number of nitrogen functional groups attached to an aromatic ring is 1. The fourth-order valence-electron chi connectivity index (χ4n) is 4.72. The number of likely N-dealkylation sites (tertiary alicyclic amines) is 1. The van der Waals surface area contributed by atoms with E-state index in [1.165, 1.54) is 5.56 Å². The number of ketones is 1. The lowest BCUT2D eigenvalue weighted by molar-refractivity contribution is -0.122. The number of anilines is 2. The summed E-state index contributed by atoms with van der Waals surface area (Å²) in [6.07, 6.45) is 6.00. The van der Waals surface area contributed by atoms with Gasteiger partial charge in [0.15, 0.2) is 0 Å². The van der Waals surface area contributed by atoms with Gasteiger partial charge in [-0.15, -0.1) is 11.3 Å². The molecule has 37 heavy (non-hydrogen) atoms. The number of Topliss-reactive ketones (excluding diaryl/α,β-unsaturated/α-hetero) is 1. The Bertz CT molecular complexity index is 1310. The summed E-state index contributed by atoms with van der Waals surface area (Å²) in [7, 11) is 0. The lowest BCUT2D eigenvalue weighted by Crippen LogP contribution is -2.37. The molecule has 6 nitrogen and oxygen atoms in total. The van der Waals surface area contributed by atoms with Crippen LogP contribution < -0.4 is 11.1 Å². The molecule has 1 saturated heterocycles. The minimum Gasteiger partial charge on any atom is -0.398 e. The predicted molar refractivity (Wildman–Crippen MR) is 153 cm³/mol. The lowest BCUT2D eigenvalue weighted by atomic mass is 9.94. The van der Waals surface area contributed by atoms with Gasteiger partial charge in [-0.1, -0.05) is 36.4 Å². The highest BCUT2D eigenvalue weighted by atomic mass is 32.1. The monoisotopic (exact) mass is 514 g/mol. The Hall–Kier alpha value is -3.55. The lowest BCUT2D eigenvalue weighted by Gasteiger charge is -2.31. The second-order valence-corrected chi connectivity index (χ2v) is 10.8. The van der Waals surface area contributed by atoms with Crippen molar-refractivity contribution in [2.45, 2.75) is 39.7 Å². The number of rotatable bonds is 9. The van der Waals surface area contributed by atoms with Crippen LogP contribution in [-0.2, 0) is 22.6 Å². The number of hydrogen-bond donors (Lipinski definition) is 3. The number of benzene rings is 2. The average molecular weight is 515 g/mol. The molecule has 0 bridgehead atoms. The number of thiophene rings is 1. The summed E-state index contributed by atoms with van der Waals surface area (Å²) in [5.74, 6) is 0.326. The molecule has 1 unspecified atom stereocenters. The Kier molecular flexibility index (Phi) is 8.69. The van der Waals surface area contributed by atoms with Crippen molar-refractivity contribution in [2.75, 3.05) is 24.1 Å². The van der Waals surface area contributed by atoms with E-state index in [1.54, 1.807) is 36.5 Å². The normalized spacial score (nSPS) is 16.1. The van der Waals surface area contributed by atoms with Crippen molar-refractivity contribution < 1.29 is 9.59 Å². The Morgan fingerprint density at radius 2 is 2.05 bits per heavy atom. The van der Waals surface area contributed by atoms with E-state index in [0.717, 1.165) is 48.5 Å². The van der Waals surface area contributed by atoms with E-state index in [-0.39, 0.29) is 23.3 Å². The van der Waals surface area contributed by atoms with E-state index >= 15 is 0 Å². The average Bonchev–Trinajstić information content (AvgIpc) is 3.37. The molecule has 4 N–H and O–H groups in total. The van der Waals surface area contributed by atoms with Crippen molar-refractivity contribution in [3.8, 4) is 0 Å². The van der Waals surface area contributed by atoms with Crippen molar-refractivity contribution in [1.29, 1.82) is 5.41 Å². The van der Waals surface area contributed by atoms with Gasteiger partial charge in [0.2, 0.25) is 5.91 Å². The summed E-state index contributed by atoms with van der Waals surface area (Å²) in [5, 5.41) is 13.6. The number of amides is 1. The molecule has 0 saturated carbocycles. The minimum atomic E-state index is -0.0940. The number of carbonyl (C=O) groups is 2. The third kappa shape index (κ3) is 7.24. The Morgan fingerprint density at radius 1 is 1.22 bits per heavy atom. The van der Waals surface area contributed by atoms with Crippen LogP contribution in [0.15, 0.2) is 60.0 Å². The molecule has 0 radical (unpaired) electrons. The maximum Gasteiger partial charge on any atom is 0.229 e. The molecule has 4 rings (SSSR count). The molecular formula is C30H34N4O2S. The summed E-state index contributed by atoms with van der Waals surface area (Å²) < 4.78 is 0. The maximum absolute atomic E-state index is 12.5. The second kappa shape index (κ2) is 12.1. The van der Waals surface area contributed by atoms with Crippen LogP contribution in [0.25, 0.3) is 6.08 Å². The van der Waals surface area contributed by atoms with Crippen molar-refractivity contribution in [1.82, 2.24) is 4.90 Å². The van der Waals surface area contributed by atoms with Crippen LogP contribution in [-0.4, -0.2) is 35.4 Å².